The fourth-order valence-electron chi connectivity index (χ4n) is 4.11. The topological polar surface area (TPSA) is 40.5 Å². The number of rotatable bonds is 3. The highest BCUT2D eigenvalue weighted by Crippen LogP contribution is 2.38. The summed E-state index contributed by atoms with van der Waals surface area (Å²) in [5.41, 5.74) is 2.14. The van der Waals surface area contributed by atoms with Gasteiger partial charge in [-0.3, -0.25) is 0 Å². The van der Waals surface area contributed by atoms with Crippen LogP contribution in [-0.2, 0) is 11.3 Å². The zero-order chi connectivity index (χ0) is 16.6. The molecule has 2 aromatic rings. The van der Waals surface area contributed by atoms with Crippen LogP contribution in [0.4, 0.5) is 0 Å². The molecule has 0 amide bonds. The van der Waals surface area contributed by atoms with Crippen molar-refractivity contribution in [2.75, 3.05) is 19.6 Å². The summed E-state index contributed by atoms with van der Waals surface area (Å²) in [5.74, 6) is 0.202. The largest absolute Gasteiger partial charge is 0.383 e. The van der Waals surface area contributed by atoms with E-state index in [0.29, 0.717) is 22.7 Å². The third-order valence-electron chi connectivity index (χ3n) is 5.46. The lowest BCUT2D eigenvalue weighted by atomic mass is 9.72. The first-order valence-electron chi connectivity index (χ1n) is 8.48. The van der Waals surface area contributed by atoms with Crippen molar-refractivity contribution in [2.24, 2.45) is 5.92 Å². The van der Waals surface area contributed by atoms with E-state index in [4.69, 9.17) is 0 Å². The van der Waals surface area contributed by atoms with E-state index in [9.17, 15) is 9.32 Å². The van der Waals surface area contributed by atoms with Gasteiger partial charge in [-0.05, 0) is 48.5 Å². The van der Waals surface area contributed by atoms with E-state index in [0.717, 1.165) is 42.6 Å². The van der Waals surface area contributed by atoms with Gasteiger partial charge in [0.25, 0.3) is 0 Å². The molecule has 1 atom stereocenters. The third-order valence-corrected chi connectivity index (χ3v) is 6.21. The van der Waals surface area contributed by atoms with Crippen molar-refractivity contribution >= 4 is 16.1 Å². The van der Waals surface area contributed by atoms with Crippen molar-refractivity contribution in [3.63, 3.8) is 0 Å². The first kappa shape index (κ1) is 15.8. The zero-order valence-corrected chi connectivity index (χ0v) is 14.3. The second-order valence-electron chi connectivity index (χ2n) is 6.83. The molecule has 0 spiro atoms. The van der Waals surface area contributed by atoms with Gasteiger partial charge in [-0.1, -0.05) is 54.6 Å². The first-order valence-corrected chi connectivity index (χ1v) is 9.23. The van der Waals surface area contributed by atoms with Crippen LogP contribution in [0.3, 0.4) is 0 Å². The second kappa shape index (κ2) is 6.28. The van der Waals surface area contributed by atoms with Gasteiger partial charge in [0.05, 0.1) is 16.1 Å². The van der Waals surface area contributed by atoms with Gasteiger partial charge in [0.1, 0.15) is 5.60 Å². The van der Waals surface area contributed by atoms with Crippen molar-refractivity contribution < 1.29 is 9.32 Å². The van der Waals surface area contributed by atoms with E-state index in [1.165, 1.54) is 0 Å². The Bertz CT molecular complexity index is 775. The maximum Gasteiger partial charge on any atom is 0.118 e. The Labute approximate surface area is 146 Å². The third kappa shape index (κ3) is 2.65. The van der Waals surface area contributed by atoms with Crippen molar-refractivity contribution in [2.45, 2.75) is 18.4 Å². The Hall–Kier alpha value is -1.75. The second-order valence-corrected chi connectivity index (χ2v) is 7.41. The molecule has 0 radical (unpaired) electrons. The van der Waals surface area contributed by atoms with Crippen LogP contribution in [0.15, 0.2) is 54.6 Å². The number of benzene rings is 2. The summed E-state index contributed by atoms with van der Waals surface area (Å²) in [7, 11) is 0. The Morgan fingerprint density at radius 3 is 2.17 bits per heavy atom. The normalized spacial score (nSPS) is 28.5. The fraction of sp³-hybridized carbons (Fsp3) is 0.350. The standard InChI is InChI=1S/C20H21NO2S/c22-20(14-21-12-10-18(20)11-13-21)19(24-23)17-8-6-16(7-9-17)15-4-2-1-3-5-15/h1-9,18,22H,10-14H2. The molecule has 3 saturated heterocycles. The maximum absolute atomic E-state index is 11.9. The molecule has 4 heteroatoms. The molecular formula is C20H21NO2S. The molecule has 0 aromatic heterocycles. The van der Waals surface area contributed by atoms with E-state index in [1.54, 1.807) is 0 Å². The minimum absolute atomic E-state index is 0.202. The SMILES string of the molecule is O=S=C(c1ccc(-c2ccccc2)cc1)C1(O)CN2CCC1CC2. The number of hydrogen-bond donors (Lipinski definition) is 1. The van der Waals surface area contributed by atoms with E-state index in [-0.39, 0.29) is 5.92 Å². The van der Waals surface area contributed by atoms with Gasteiger partial charge in [-0.15, -0.1) is 0 Å². The lowest BCUT2D eigenvalue weighted by Gasteiger charge is -2.50. The lowest BCUT2D eigenvalue weighted by molar-refractivity contribution is -0.0622. The summed E-state index contributed by atoms with van der Waals surface area (Å²) in [4.78, 5) is 2.85. The molecule has 2 bridgehead atoms. The van der Waals surface area contributed by atoms with Gasteiger partial charge in [0, 0.05) is 6.54 Å². The molecule has 3 nitrogen and oxygen atoms in total. The number of aliphatic hydroxyl groups is 1. The molecule has 3 fully saturated rings. The molecule has 2 aromatic carbocycles. The number of fused-ring (bicyclic) bond motifs is 3. The zero-order valence-electron chi connectivity index (χ0n) is 13.5. The molecule has 3 aliphatic heterocycles. The number of piperidine rings is 3. The Kier molecular flexibility index (Phi) is 4.12. The van der Waals surface area contributed by atoms with Gasteiger partial charge >= 0.3 is 0 Å². The fourth-order valence-corrected chi connectivity index (χ4v) is 4.72. The van der Waals surface area contributed by atoms with Crippen LogP contribution >= 0.6 is 0 Å². The molecule has 5 rings (SSSR count). The maximum atomic E-state index is 11.9. The van der Waals surface area contributed by atoms with Gasteiger partial charge in [0.15, 0.2) is 0 Å². The molecule has 1 N–H and O–H groups in total. The van der Waals surface area contributed by atoms with Gasteiger partial charge in [-0.2, -0.15) is 0 Å². The van der Waals surface area contributed by atoms with Crippen molar-refractivity contribution in [3.8, 4) is 11.1 Å². The highest BCUT2D eigenvalue weighted by atomic mass is 32.1. The van der Waals surface area contributed by atoms with Crippen molar-refractivity contribution in [1.82, 2.24) is 4.90 Å². The van der Waals surface area contributed by atoms with Crippen LogP contribution in [0.2, 0.25) is 0 Å². The molecule has 124 valence electrons. The van der Waals surface area contributed by atoms with Crippen LogP contribution in [-0.4, -0.2) is 44.3 Å². The van der Waals surface area contributed by atoms with Gasteiger partial charge in [-0.25, -0.2) is 4.21 Å². The van der Waals surface area contributed by atoms with Crippen LogP contribution in [0.25, 0.3) is 11.1 Å². The summed E-state index contributed by atoms with van der Waals surface area (Å²) in [6, 6.07) is 18.2. The summed E-state index contributed by atoms with van der Waals surface area (Å²) in [6.07, 6.45) is 1.95. The molecule has 24 heavy (non-hydrogen) atoms. The van der Waals surface area contributed by atoms with Crippen LogP contribution in [0.5, 0.6) is 0 Å². The van der Waals surface area contributed by atoms with Crippen molar-refractivity contribution in [1.29, 1.82) is 0 Å². The Morgan fingerprint density at radius 2 is 1.62 bits per heavy atom. The van der Waals surface area contributed by atoms with E-state index in [1.807, 2.05) is 42.5 Å². The summed E-state index contributed by atoms with van der Waals surface area (Å²) >= 11 is 0.460. The number of hydrogen-bond acceptors (Lipinski definition) is 3. The van der Waals surface area contributed by atoms with Gasteiger partial charge < -0.3 is 10.0 Å². The summed E-state index contributed by atoms with van der Waals surface area (Å²) < 4.78 is 11.9. The predicted octanol–water partition coefficient (Wildman–Crippen LogP) is 2.54. The highest BCUT2D eigenvalue weighted by Gasteiger charge is 2.49. The molecule has 1 unspecified atom stereocenters. The molecular weight excluding hydrogens is 318 g/mol. The summed E-state index contributed by atoms with van der Waals surface area (Å²) in [6.45, 7) is 2.66. The molecule has 3 heterocycles. The predicted molar refractivity (Wildman–Crippen MR) is 98.2 cm³/mol. The van der Waals surface area contributed by atoms with Crippen LogP contribution < -0.4 is 0 Å². The van der Waals surface area contributed by atoms with E-state index >= 15 is 0 Å². The average molecular weight is 339 g/mol. The Morgan fingerprint density at radius 1 is 1.00 bits per heavy atom. The monoisotopic (exact) mass is 339 g/mol. The molecule has 3 aliphatic rings. The van der Waals surface area contributed by atoms with Gasteiger partial charge in [0.2, 0.25) is 0 Å². The Balaban J connectivity index is 1.66. The minimum Gasteiger partial charge on any atom is -0.383 e. The van der Waals surface area contributed by atoms with Crippen LogP contribution in [0, 0.1) is 5.92 Å². The first-order chi connectivity index (χ1) is 11.7. The summed E-state index contributed by atoms with van der Waals surface area (Å²) in [5, 5.41) is 11.3. The van der Waals surface area contributed by atoms with E-state index in [2.05, 4.69) is 17.0 Å². The average Bonchev–Trinajstić information content (AvgIpc) is 2.64. The minimum atomic E-state index is -0.989. The molecule has 0 saturated carbocycles. The van der Waals surface area contributed by atoms with E-state index < -0.39 is 5.60 Å². The molecule has 0 aliphatic carbocycles. The lowest BCUT2D eigenvalue weighted by Crippen LogP contribution is -2.63. The highest BCUT2D eigenvalue weighted by molar-refractivity contribution is 7.67. The van der Waals surface area contributed by atoms with Crippen LogP contribution in [0.1, 0.15) is 18.4 Å². The quantitative estimate of drug-likeness (QED) is 0.690. The smallest absolute Gasteiger partial charge is 0.118 e. The van der Waals surface area contributed by atoms with Crippen molar-refractivity contribution in [3.05, 3.63) is 60.2 Å². The number of nitrogens with zero attached hydrogens (tertiary/aromatic N) is 1.